The van der Waals surface area contributed by atoms with E-state index < -0.39 is 18.0 Å². The van der Waals surface area contributed by atoms with Crippen molar-refractivity contribution in [2.75, 3.05) is 7.05 Å². The van der Waals surface area contributed by atoms with Crippen LogP contribution in [0.2, 0.25) is 0 Å². The van der Waals surface area contributed by atoms with Crippen molar-refractivity contribution in [2.24, 2.45) is 0 Å². The molecule has 0 spiro atoms. The fourth-order valence-corrected chi connectivity index (χ4v) is 3.74. The van der Waals surface area contributed by atoms with Crippen molar-refractivity contribution in [2.45, 2.75) is 50.0 Å². The number of fused-ring (bicyclic) bond motifs is 2. The number of ether oxygens (including phenoxy) is 1. The first-order chi connectivity index (χ1) is 9.89. The van der Waals surface area contributed by atoms with E-state index in [4.69, 9.17) is 0 Å². The van der Waals surface area contributed by atoms with Crippen LogP contribution in [0, 0.1) is 5.82 Å². The van der Waals surface area contributed by atoms with Gasteiger partial charge in [-0.3, -0.25) is 0 Å². The standard InChI is InChI=1S/C15H18F3NO2/c1-19-10-3-4-11(19)8-15(20,7-10)12-5-2-9(16)6-13(12)21-14(17)18/h2,5-6,10-11,14,20H,3-4,7-8H2,1H3. The Balaban J connectivity index is 1.96. The van der Waals surface area contributed by atoms with E-state index in [0.29, 0.717) is 12.8 Å². The molecule has 2 saturated heterocycles. The lowest BCUT2D eigenvalue weighted by atomic mass is 9.80. The van der Waals surface area contributed by atoms with Gasteiger partial charge in [-0.25, -0.2) is 4.39 Å². The smallest absolute Gasteiger partial charge is 0.387 e. The monoisotopic (exact) mass is 301 g/mol. The first kappa shape index (κ1) is 14.7. The summed E-state index contributed by atoms with van der Waals surface area (Å²) in [7, 11) is 2.02. The minimum atomic E-state index is -3.04. The lowest BCUT2D eigenvalue weighted by Gasteiger charge is -2.42. The second-order valence-corrected chi connectivity index (χ2v) is 6.01. The summed E-state index contributed by atoms with van der Waals surface area (Å²) in [6.45, 7) is -3.04. The number of nitrogens with zero attached hydrogens (tertiary/aromatic N) is 1. The van der Waals surface area contributed by atoms with Crippen LogP contribution in [-0.2, 0) is 5.60 Å². The molecule has 2 unspecified atom stereocenters. The predicted molar refractivity (Wildman–Crippen MR) is 70.7 cm³/mol. The quantitative estimate of drug-likeness (QED) is 0.932. The molecule has 116 valence electrons. The van der Waals surface area contributed by atoms with Crippen LogP contribution >= 0.6 is 0 Å². The molecular formula is C15H18F3NO2. The molecule has 0 aliphatic carbocycles. The molecular weight excluding hydrogens is 283 g/mol. The SMILES string of the molecule is CN1C2CCC1CC(O)(c1ccc(F)cc1OC(F)F)C2. The average molecular weight is 301 g/mol. The molecule has 2 atom stereocenters. The molecule has 0 amide bonds. The third-order valence-corrected chi connectivity index (χ3v) is 4.79. The molecule has 3 nitrogen and oxygen atoms in total. The summed E-state index contributed by atoms with van der Waals surface area (Å²) in [5.41, 5.74) is -0.981. The molecule has 2 bridgehead atoms. The van der Waals surface area contributed by atoms with Crippen molar-refractivity contribution >= 4 is 0 Å². The highest BCUT2D eigenvalue weighted by Crippen LogP contribution is 2.47. The number of hydrogen-bond acceptors (Lipinski definition) is 3. The van der Waals surface area contributed by atoms with Gasteiger partial charge in [0.2, 0.25) is 0 Å². The van der Waals surface area contributed by atoms with Crippen molar-refractivity contribution in [1.82, 2.24) is 4.90 Å². The fraction of sp³-hybridized carbons (Fsp3) is 0.600. The topological polar surface area (TPSA) is 32.7 Å². The van der Waals surface area contributed by atoms with Crippen LogP contribution < -0.4 is 4.74 Å². The summed E-state index contributed by atoms with van der Waals surface area (Å²) in [6.07, 6.45) is 2.86. The van der Waals surface area contributed by atoms with E-state index >= 15 is 0 Å². The highest BCUT2D eigenvalue weighted by Gasteiger charge is 2.48. The van der Waals surface area contributed by atoms with Crippen molar-refractivity contribution in [3.05, 3.63) is 29.6 Å². The van der Waals surface area contributed by atoms with Crippen LogP contribution in [0.1, 0.15) is 31.2 Å². The number of rotatable bonds is 3. The van der Waals surface area contributed by atoms with Gasteiger partial charge in [0.25, 0.3) is 0 Å². The van der Waals surface area contributed by atoms with E-state index in [-0.39, 0.29) is 23.4 Å². The summed E-state index contributed by atoms with van der Waals surface area (Å²) in [5.74, 6) is -0.926. The zero-order chi connectivity index (χ0) is 15.2. The number of hydrogen-bond donors (Lipinski definition) is 1. The minimum absolute atomic E-state index is 0.221. The second kappa shape index (κ2) is 5.18. The molecule has 6 heteroatoms. The van der Waals surface area contributed by atoms with Gasteiger partial charge in [0.05, 0.1) is 5.60 Å². The zero-order valence-electron chi connectivity index (χ0n) is 11.7. The Bertz CT molecular complexity index is 524. The summed E-state index contributed by atoms with van der Waals surface area (Å²) >= 11 is 0. The highest BCUT2D eigenvalue weighted by atomic mass is 19.3. The number of aliphatic hydroxyl groups is 1. The maximum absolute atomic E-state index is 13.3. The van der Waals surface area contributed by atoms with Gasteiger partial charge in [-0.05, 0) is 44.9 Å². The lowest BCUT2D eigenvalue weighted by Crippen LogP contribution is -2.47. The van der Waals surface area contributed by atoms with E-state index in [1.165, 1.54) is 12.1 Å². The van der Waals surface area contributed by atoms with Gasteiger partial charge in [-0.1, -0.05) is 0 Å². The van der Waals surface area contributed by atoms with Crippen LogP contribution in [0.3, 0.4) is 0 Å². The highest BCUT2D eigenvalue weighted by molar-refractivity contribution is 5.39. The molecule has 21 heavy (non-hydrogen) atoms. The van der Waals surface area contributed by atoms with Crippen LogP contribution in [0.25, 0.3) is 0 Å². The fourth-order valence-electron chi connectivity index (χ4n) is 3.74. The molecule has 0 saturated carbocycles. The molecule has 2 heterocycles. The third-order valence-electron chi connectivity index (χ3n) is 4.79. The Morgan fingerprint density at radius 1 is 1.29 bits per heavy atom. The van der Waals surface area contributed by atoms with Crippen LogP contribution in [0.4, 0.5) is 13.2 Å². The molecule has 3 rings (SSSR count). The summed E-state index contributed by atoms with van der Waals surface area (Å²) in [6, 6.07) is 3.89. The number of piperidine rings is 1. The van der Waals surface area contributed by atoms with Gasteiger partial charge in [-0.15, -0.1) is 0 Å². The van der Waals surface area contributed by atoms with Gasteiger partial charge >= 0.3 is 6.61 Å². The largest absolute Gasteiger partial charge is 0.434 e. The van der Waals surface area contributed by atoms with Gasteiger partial charge in [0.15, 0.2) is 0 Å². The first-order valence-corrected chi connectivity index (χ1v) is 7.08. The molecule has 0 radical (unpaired) electrons. The maximum Gasteiger partial charge on any atom is 0.387 e. The Kier molecular flexibility index (Phi) is 3.61. The summed E-state index contributed by atoms with van der Waals surface area (Å²) in [4.78, 5) is 2.23. The van der Waals surface area contributed by atoms with Crippen molar-refractivity contribution < 1.29 is 23.0 Å². The molecule has 1 aromatic rings. The van der Waals surface area contributed by atoms with Crippen molar-refractivity contribution in [3.63, 3.8) is 0 Å². The Hall–Kier alpha value is -1.27. The van der Waals surface area contributed by atoms with E-state index in [1.807, 2.05) is 7.05 Å². The van der Waals surface area contributed by atoms with Crippen molar-refractivity contribution in [1.29, 1.82) is 0 Å². The van der Waals surface area contributed by atoms with Crippen LogP contribution in [0.15, 0.2) is 18.2 Å². The number of alkyl halides is 2. The maximum atomic E-state index is 13.3. The van der Waals surface area contributed by atoms with Crippen molar-refractivity contribution in [3.8, 4) is 5.75 Å². The van der Waals surface area contributed by atoms with E-state index in [1.54, 1.807) is 0 Å². The summed E-state index contributed by atoms with van der Waals surface area (Å²) in [5, 5.41) is 11.0. The predicted octanol–water partition coefficient (Wildman–Crippen LogP) is 2.87. The Morgan fingerprint density at radius 2 is 1.90 bits per heavy atom. The molecule has 2 aliphatic rings. The third kappa shape index (κ3) is 2.62. The Labute approximate surface area is 121 Å². The van der Waals surface area contributed by atoms with Gasteiger partial charge in [0, 0.05) is 23.7 Å². The van der Waals surface area contributed by atoms with E-state index in [0.717, 1.165) is 18.9 Å². The molecule has 2 fully saturated rings. The van der Waals surface area contributed by atoms with Crippen LogP contribution in [-0.4, -0.2) is 35.7 Å². The first-order valence-electron chi connectivity index (χ1n) is 7.08. The van der Waals surface area contributed by atoms with Gasteiger partial charge < -0.3 is 14.7 Å². The van der Waals surface area contributed by atoms with Gasteiger partial charge in [-0.2, -0.15) is 8.78 Å². The zero-order valence-corrected chi connectivity index (χ0v) is 11.7. The van der Waals surface area contributed by atoms with E-state index in [9.17, 15) is 18.3 Å². The molecule has 2 aliphatic heterocycles. The normalized spacial score (nSPS) is 32.7. The second-order valence-electron chi connectivity index (χ2n) is 6.01. The Morgan fingerprint density at radius 3 is 2.48 bits per heavy atom. The number of halogens is 3. The van der Waals surface area contributed by atoms with E-state index in [2.05, 4.69) is 9.64 Å². The van der Waals surface area contributed by atoms with Gasteiger partial charge in [0.1, 0.15) is 11.6 Å². The minimum Gasteiger partial charge on any atom is -0.434 e. The summed E-state index contributed by atoms with van der Waals surface area (Å²) < 4.78 is 42.8. The molecule has 0 aromatic heterocycles. The molecule has 1 N–H and O–H groups in total. The lowest BCUT2D eigenvalue weighted by molar-refractivity contribution is -0.0681. The molecule has 1 aromatic carbocycles. The average Bonchev–Trinajstić information content (AvgIpc) is 2.61. The van der Waals surface area contributed by atoms with Crippen LogP contribution in [0.5, 0.6) is 5.75 Å². The number of benzene rings is 1.